The van der Waals surface area contributed by atoms with Crippen molar-refractivity contribution in [2.45, 2.75) is 32.5 Å². The van der Waals surface area contributed by atoms with Crippen LogP contribution in [0.25, 0.3) is 0 Å². The van der Waals surface area contributed by atoms with Gasteiger partial charge in [0.25, 0.3) is 0 Å². The van der Waals surface area contributed by atoms with Crippen LogP contribution >= 0.6 is 11.8 Å². The second-order valence-electron chi connectivity index (χ2n) is 4.20. The molecule has 19 heavy (non-hydrogen) atoms. The molecule has 0 spiro atoms. The highest BCUT2D eigenvalue weighted by molar-refractivity contribution is 7.99. The molecule has 2 aromatic heterocycles. The van der Waals surface area contributed by atoms with E-state index in [0.717, 1.165) is 17.1 Å². The first kappa shape index (κ1) is 13.7. The average Bonchev–Trinajstić information content (AvgIpc) is 2.83. The van der Waals surface area contributed by atoms with E-state index in [2.05, 4.69) is 9.97 Å². The fraction of sp³-hybridized carbons (Fsp3) is 0.417. The summed E-state index contributed by atoms with van der Waals surface area (Å²) in [6.07, 6.45) is 1.72. The highest BCUT2D eigenvalue weighted by atomic mass is 32.2. The van der Waals surface area contributed by atoms with Crippen LogP contribution in [0.2, 0.25) is 0 Å². The van der Waals surface area contributed by atoms with Gasteiger partial charge in [-0.1, -0.05) is 11.8 Å². The molecule has 0 fully saturated rings. The van der Waals surface area contributed by atoms with E-state index in [1.54, 1.807) is 6.20 Å². The van der Waals surface area contributed by atoms with Gasteiger partial charge < -0.3 is 14.1 Å². The van der Waals surface area contributed by atoms with E-state index in [-0.39, 0.29) is 5.75 Å². The Morgan fingerprint density at radius 1 is 1.47 bits per heavy atom. The summed E-state index contributed by atoms with van der Waals surface area (Å²) in [4.78, 5) is 19.1. The Kier molecular flexibility index (Phi) is 3.94. The number of oxazole rings is 1. The van der Waals surface area contributed by atoms with Gasteiger partial charge in [0.15, 0.2) is 5.16 Å². The van der Waals surface area contributed by atoms with Crippen molar-refractivity contribution in [3.05, 3.63) is 29.2 Å². The molecule has 0 radical (unpaired) electrons. The molecule has 0 aliphatic carbocycles. The van der Waals surface area contributed by atoms with Crippen LogP contribution in [0, 0.1) is 20.8 Å². The molecular formula is C12H15N3O3S. The van der Waals surface area contributed by atoms with Gasteiger partial charge in [0.05, 0.1) is 11.4 Å². The lowest BCUT2D eigenvalue weighted by molar-refractivity contribution is -0.133. The minimum atomic E-state index is -0.861. The number of carboxylic acids is 1. The third kappa shape index (κ3) is 3.17. The molecule has 2 heterocycles. The van der Waals surface area contributed by atoms with Gasteiger partial charge >= 0.3 is 5.97 Å². The number of nitrogens with zero attached hydrogens (tertiary/aromatic N) is 3. The first-order valence-corrected chi connectivity index (χ1v) is 6.75. The Morgan fingerprint density at radius 3 is 2.79 bits per heavy atom. The molecular weight excluding hydrogens is 266 g/mol. The molecule has 7 heteroatoms. The zero-order valence-corrected chi connectivity index (χ0v) is 11.8. The monoisotopic (exact) mass is 281 g/mol. The van der Waals surface area contributed by atoms with Crippen LogP contribution in [0.15, 0.2) is 15.8 Å². The van der Waals surface area contributed by atoms with Gasteiger partial charge in [0.2, 0.25) is 5.89 Å². The van der Waals surface area contributed by atoms with Crippen molar-refractivity contribution in [1.82, 2.24) is 14.5 Å². The zero-order chi connectivity index (χ0) is 14.0. The fourth-order valence-electron chi connectivity index (χ4n) is 1.61. The number of thioether (sulfide) groups is 1. The lowest BCUT2D eigenvalue weighted by Gasteiger charge is -2.06. The van der Waals surface area contributed by atoms with Crippen molar-refractivity contribution in [2.24, 2.45) is 0 Å². The molecule has 0 amide bonds. The lowest BCUT2D eigenvalue weighted by Crippen LogP contribution is -2.06. The Balaban J connectivity index is 2.19. The minimum Gasteiger partial charge on any atom is -0.481 e. The van der Waals surface area contributed by atoms with E-state index in [0.29, 0.717) is 17.6 Å². The summed E-state index contributed by atoms with van der Waals surface area (Å²) >= 11 is 1.19. The van der Waals surface area contributed by atoms with Crippen LogP contribution in [0.4, 0.5) is 0 Å². The van der Waals surface area contributed by atoms with Crippen LogP contribution in [0.3, 0.4) is 0 Å². The maximum absolute atomic E-state index is 10.6. The number of aryl methyl sites for hydroxylation is 3. The van der Waals surface area contributed by atoms with Crippen LogP contribution in [0.5, 0.6) is 0 Å². The van der Waals surface area contributed by atoms with E-state index in [1.165, 1.54) is 11.8 Å². The van der Waals surface area contributed by atoms with Crippen LogP contribution in [-0.4, -0.2) is 31.4 Å². The van der Waals surface area contributed by atoms with E-state index in [4.69, 9.17) is 9.52 Å². The van der Waals surface area contributed by atoms with Crippen molar-refractivity contribution >= 4 is 17.7 Å². The Hall–Kier alpha value is -1.76. The summed E-state index contributed by atoms with van der Waals surface area (Å²) in [6, 6.07) is 0. The van der Waals surface area contributed by atoms with Gasteiger partial charge in [-0.15, -0.1) is 0 Å². The van der Waals surface area contributed by atoms with Crippen molar-refractivity contribution < 1.29 is 14.3 Å². The first-order valence-electron chi connectivity index (χ1n) is 5.77. The first-order chi connectivity index (χ1) is 8.97. The number of hydrogen-bond donors (Lipinski definition) is 1. The predicted octanol–water partition coefficient (Wildman–Crippen LogP) is 2.02. The van der Waals surface area contributed by atoms with Crippen LogP contribution in [0.1, 0.15) is 23.0 Å². The van der Waals surface area contributed by atoms with E-state index in [9.17, 15) is 4.79 Å². The average molecular weight is 281 g/mol. The molecule has 1 N–H and O–H groups in total. The highest BCUT2D eigenvalue weighted by Gasteiger charge is 2.13. The van der Waals surface area contributed by atoms with Crippen molar-refractivity contribution in [2.75, 3.05) is 5.75 Å². The molecule has 102 valence electrons. The molecule has 2 aromatic rings. The summed E-state index contributed by atoms with van der Waals surface area (Å²) < 4.78 is 7.44. The highest BCUT2D eigenvalue weighted by Crippen LogP contribution is 2.20. The molecule has 0 bridgehead atoms. The number of imidazole rings is 1. The molecule has 0 aromatic carbocycles. The third-order valence-corrected chi connectivity index (χ3v) is 3.68. The molecule has 6 nitrogen and oxygen atoms in total. The van der Waals surface area contributed by atoms with Crippen molar-refractivity contribution in [3.8, 4) is 0 Å². The lowest BCUT2D eigenvalue weighted by atomic mass is 10.4. The summed E-state index contributed by atoms with van der Waals surface area (Å²) in [5, 5.41) is 9.37. The Labute approximate surface area is 114 Å². The number of carboxylic acid groups (broad SMARTS) is 1. The molecule has 0 saturated carbocycles. The summed E-state index contributed by atoms with van der Waals surface area (Å²) in [6.45, 7) is 6.14. The molecule has 0 saturated heterocycles. The van der Waals surface area contributed by atoms with Crippen molar-refractivity contribution in [1.29, 1.82) is 0 Å². The molecule has 0 aliphatic heterocycles. The summed E-state index contributed by atoms with van der Waals surface area (Å²) in [5.74, 6) is 0.529. The maximum Gasteiger partial charge on any atom is 0.313 e. The second kappa shape index (κ2) is 5.48. The minimum absolute atomic E-state index is 0.0138. The summed E-state index contributed by atoms with van der Waals surface area (Å²) in [7, 11) is 0. The topological polar surface area (TPSA) is 81.2 Å². The number of rotatable bonds is 5. The maximum atomic E-state index is 10.6. The smallest absolute Gasteiger partial charge is 0.313 e. The van der Waals surface area contributed by atoms with Crippen LogP contribution < -0.4 is 0 Å². The standard InChI is InChI=1S/C12H15N3O3S/c1-7-4-13-12(19-6-11(16)17)15(7)5-10-14-8(2)9(3)18-10/h4H,5-6H2,1-3H3,(H,16,17). The molecule has 0 aliphatic rings. The molecule has 0 atom stereocenters. The number of aromatic nitrogens is 3. The molecule has 2 rings (SSSR count). The quantitative estimate of drug-likeness (QED) is 0.844. The van der Waals surface area contributed by atoms with Gasteiger partial charge in [-0.2, -0.15) is 0 Å². The zero-order valence-electron chi connectivity index (χ0n) is 11.0. The fourth-order valence-corrected chi connectivity index (χ4v) is 2.36. The Morgan fingerprint density at radius 2 is 2.21 bits per heavy atom. The van der Waals surface area contributed by atoms with E-state index in [1.807, 2.05) is 25.3 Å². The molecule has 0 unspecified atom stereocenters. The normalized spacial score (nSPS) is 10.9. The van der Waals surface area contributed by atoms with Gasteiger partial charge in [-0.05, 0) is 20.8 Å². The van der Waals surface area contributed by atoms with E-state index >= 15 is 0 Å². The van der Waals surface area contributed by atoms with Gasteiger partial charge in [0.1, 0.15) is 12.3 Å². The van der Waals surface area contributed by atoms with Gasteiger partial charge in [0, 0.05) is 11.9 Å². The SMILES string of the molecule is Cc1nc(Cn2c(C)cnc2SCC(=O)O)oc1C. The van der Waals surface area contributed by atoms with Crippen LogP contribution in [-0.2, 0) is 11.3 Å². The predicted molar refractivity (Wildman–Crippen MR) is 70.4 cm³/mol. The van der Waals surface area contributed by atoms with E-state index < -0.39 is 5.97 Å². The summed E-state index contributed by atoms with van der Waals surface area (Å²) in [5.41, 5.74) is 1.81. The van der Waals surface area contributed by atoms with Gasteiger partial charge in [-0.3, -0.25) is 4.79 Å². The Bertz CT molecular complexity index is 584. The number of aliphatic carboxylic acids is 1. The number of hydrogen-bond acceptors (Lipinski definition) is 5. The second-order valence-corrected chi connectivity index (χ2v) is 5.14. The largest absolute Gasteiger partial charge is 0.481 e. The third-order valence-electron chi connectivity index (χ3n) is 2.71. The van der Waals surface area contributed by atoms with Gasteiger partial charge in [-0.25, -0.2) is 9.97 Å². The van der Waals surface area contributed by atoms with Crippen molar-refractivity contribution in [3.63, 3.8) is 0 Å². The number of carbonyl (C=O) groups is 1.